The zero-order valence-corrected chi connectivity index (χ0v) is 14.3. The smallest absolute Gasteiger partial charge is 0.335 e. The van der Waals surface area contributed by atoms with Gasteiger partial charge in [0.05, 0.1) is 18.2 Å². The van der Waals surface area contributed by atoms with Gasteiger partial charge in [-0.05, 0) is 37.6 Å². The molecule has 2 rings (SSSR count). The van der Waals surface area contributed by atoms with Gasteiger partial charge in [-0.2, -0.15) is 0 Å². The number of carboxylic acids is 1. The molecular formula is C19H22N2O4. The first-order valence-corrected chi connectivity index (χ1v) is 8.09. The predicted octanol–water partition coefficient (Wildman–Crippen LogP) is 3.34. The van der Waals surface area contributed by atoms with E-state index in [4.69, 9.17) is 9.84 Å². The lowest BCUT2D eigenvalue weighted by molar-refractivity contribution is 0.0697. The summed E-state index contributed by atoms with van der Waals surface area (Å²) in [6.45, 7) is 4.67. The number of hydrogen-bond donors (Lipinski definition) is 3. The van der Waals surface area contributed by atoms with Crippen molar-refractivity contribution in [3.63, 3.8) is 0 Å². The Morgan fingerprint density at radius 1 is 1.12 bits per heavy atom. The highest BCUT2D eigenvalue weighted by atomic mass is 16.5. The van der Waals surface area contributed by atoms with E-state index in [2.05, 4.69) is 10.6 Å². The van der Waals surface area contributed by atoms with Crippen LogP contribution in [0, 0.1) is 0 Å². The van der Waals surface area contributed by atoms with Gasteiger partial charge in [0, 0.05) is 12.1 Å². The number of nitrogens with one attached hydrogen (secondary N) is 2. The topological polar surface area (TPSA) is 87.7 Å². The molecule has 132 valence electrons. The summed E-state index contributed by atoms with van der Waals surface area (Å²) < 4.78 is 5.58. The van der Waals surface area contributed by atoms with Crippen LogP contribution in [0.25, 0.3) is 0 Å². The lowest BCUT2D eigenvalue weighted by atomic mass is 10.1. The quantitative estimate of drug-likeness (QED) is 0.720. The first kappa shape index (κ1) is 18.3. The molecule has 6 nitrogen and oxygen atoms in total. The minimum Gasteiger partial charge on any atom is -0.494 e. The number of carbonyl (C=O) groups excluding carboxylic acids is 1. The van der Waals surface area contributed by atoms with E-state index in [1.54, 1.807) is 12.1 Å². The van der Waals surface area contributed by atoms with Crippen molar-refractivity contribution in [3.8, 4) is 5.75 Å². The molecule has 1 atom stereocenters. The number of ether oxygens (including phenoxy) is 1. The second-order valence-electron chi connectivity index (χ2n) is 5.52. The van der Waals surface area contributed by atoms with E-state index >= 15 is 0 Å². The highest BCUT2D eigenvalue weighted by molar-refractivity contribution is 5.87. The lowest BCUT2D eigenvalue weighted by Crippen LogP contribution is -2.36. The van der Waals surface area contributed by atoms with Crippen LogP contribution in [0.3, 0.4) is 0 Å². The maximum absolute atomic E-state index is 12.1. The van der Waals surface area contributed by atoms with E-state index in [0.29, 0.717) is 13.2 Å². The van der Waals surface area contributed by atoms with Gasteiger partial charge in [-0.3, -0.25) is 0 Å². The average molecular weight is 342 g/mol. The Hall–Kier alpha value is -3.02. The van der Waals surface area contributed by atoms with Crippen molar-refractivity contribution in [2.45, 2.75) is 26.4 Å². The summed E-state index contributed by atoms with van der Waals surface area (Å²) in [7, 11) is 0. The fourth-order valence-corrected chi connectivity index (χ4v) is 2.40. The fourth-order valence-electron chi connectivity index (χ4n) is 2.40. The summed E-state index contributed by atoms with van der Waals surface area (Å²) >= 11 is 0. The van der Waals surface area contributed by atoms with Crippen LogP contribution >= 0.6 is 0 Å². The third-order valence-electron chi connectivity index (χ3n) is 3.69. The monoisotopic (exact) mass is 342 g/mol. The minimum atomic E-state index is -0.973. The Morgan fingerprint density at radius 3 is 2.44 bits per heavy atom. The van der Waals surface area contributed by atoms with Gasteiger partial charge >= 0.3 is 12.0 Å². The highest BCUT2D eigenvalue weighted by Gasteiger charge is 2.13. The first-order valence-electron chi connectivity index (χ1n) is 8.09. The van der Waals surface area contributed by atoms with E-state index in [1.165, 1.54) is 12.1 Å². The Balaban J connectivity index is 1.90. The molecule has 0 spiro atoms. The van der Waals surface area contributed by atoms with Gasteiger partial charge < -0.3 is 20.5 Å². The van der Waals surface area contributed by atoms with E-state index < -0.39 is 5.97 Å². The number of benzene rings is 2. The van der Waals surface area contributed by atoms with Crippen LogP contribution in [0.2, 0.25) is 0 Å². The van der Waals surface area contributed by atoms with Crippen molar-refractivity contribution in [2.24, 2.45) is 0 Å². The van der Waals surface area contributed by atoms with Crippen LogP contribution in [0.15, 0.2) is 48.5 Å². The third kappa shape index (κ3) is 5.24. The Morgan fingerprint density at radius 2 is 1.80 bits per heavy atom. The molecule has 0 saturated heterocycles. The molecule has 0 aliphatic heterocycles. The second-order valence-corrected chi connectivity index (χ2v) is 5.52. The van der Waals surface area contributed by atoms with E-state index in [9.17, 15) is 9.59 Å². The third-order valence-corrected chi connectivity index (χ3v) is 3.69. The molecule has 6 heteroatoms. The van der Waals surface area contributed by atoms with Crippen LogP contribution in [0.4, 0.5) is 4.79 Å². The van der Waals surface area contributed by atoms with Crippen LogP contribution in [-0.2, 0) is 6.54 Å². The molecule has 3 N–H and O–H groups in total. The predicted molar refractivity (Wildman–Crippen MR) is 94.8 cm³/mol. The molecular weight excluding hydrogens is 320 g/mol. The average Bonchev–Trinajstić information content (AvgIpc) is 2.61. The number of para-hydroxylation sites is 1. The number of aromatic carboxylic acids is 1. The zero-order chi connectivity index (χ0) is 18.2. The molecule has 0 fully saturated rings. The van der Waals surface area contributed by atoms with Gasteiger partial charge in [0.25, 0.3) is 0 Å². The normalized spacial score (nSPS) is 11.4. The number of carbonyl (C=O) groups is 2. The van der Waals surface area contributed by atoms with Gasteiger partial charge in [0.1, 0.15) is 5.75 Å². The number of amides is 2. The van der Waals surface area contributed by atoms with Crippen LogP contribution in [-0.4, -0.2) is 23.7 Å². The SMILES string of the molecule is CCOc1ccccc1C(C)NC(=O)NCc1ccc(C(=O)O)cc1. The fraction of sp³-hybridized carbons (Fsp3) is 0.263. The molecule has 25 heavy (non-hydrogen) atoms. The summed E-state index contributed by atoms with van der Waals surface area (Å²) in [4.78, 5) is 22.9. The van der Waals surface area contributed by atoms with Crippen molar-refractivity contribution in [3.05, 3.63) is 65.2 Å². The largest absolute Gasteiger partial charge is 0.494 e. The molecule has 0 aliphatic carbocycles. The minimum absolute atomic E-state index is 0.211. The maximum Gasteiger partial charge on any atom is 0.335 e. The standard InChI is InChI=1S/C19H22N2O4/c1-3-25-17-7-5-4-6-16(17)13(2)21-19(24)20-12-14-8-10-15(11-9-14)18(22)23/h4-11,13H,3,12H2,1-2H3,(H,22,23)(H2,20,21,24). The number of rotatable bonds is 7. The van der Waals surface area contributed by atoms with Crippen molar-refractivity contribution >= 4 is 12.0 Å². The maximum atomic E-state index is 12.1. The Labute approximate surface area is 146 Å². The number of hydrogen-bond acceptors (Lipinski definition) is 3. The second kappa shape index (κ2) is 8.73. The van der Waals surface area contributed by atoms with Gasteiger partial charge in [-0.15, -0.1) is 0 Å². The lowest BCUT2D eigenvalue weighted by Gasteiger charge is -2.18. The van der Waals surface area contributed by atoms with Gasteiger partial charge in [0.15, 0.2) is 0 Å². The Bertz CT molecular complexity index is 728. The molecule has 0 aliphatic rings. The number of carboxylic acid groups (broad SMARTS) is 1. The molecule has 2 amide bonds. The van der Waals surface area contributed by atoms with Crippen molar-refractivity contribution in [1.29, 1.82) is 0 Å². The molecule has 0 radical (unpaired) electrons. The van der Waals surface area contributed by atoms with Crippen LogP contribution in [0.5, 0.6) is 5.75 Å². The van der Waals surface area contributed by atoms with E-state index in [0.717, 1.165) is 16.9 Å². The van der Waals surface area contributed by atoms with Crippen molar-refractivity contribution in [1.82, 2.24) is 10.6 Å². The molecule has 0 aromatic heterocycles. The molecule has 1 unspecified atom stereocenters. The van der Waals surface area contributed by atoms with Gasteiger partial charge in [0.2, 0.25) is 0 Å². The molecule has 2 aromatic rings. The van der Waals surface area contributed by atoms with Crippen molar-refractivity contribution in [2.75, 3.05) is 6.61 Å². The van der Waals surface area contributed by atoms with Crippen LogP contribution < -0.4 is 15.4 Å². The first-order chi connectivity index (χ1) is 12.0. The van der Waals surface area contributed by atoms with Crippen LogP contribution in [0.1, 0.15) is 41.4 Å². The molecule has 0 heterocycles. The summed E-state index contributed by atoms with van der Waals surface area (Å²) in [5.41, 5.74) is 1.95. The summed E-state index contributed by atoms with van der Waals surface area (Å²) in [5, 5.41) is 14.5. The van der Waals surface area contributed by atoms with E-state index in [1.807, 2.05) is 38.1 Å². The molecule has 2 aromatic carbocycles. The van der Waals surface area contributed by atoms with Gasteiger partial charge in [-0.25, -0.2) is 9.59 Å². The van der Waals surface area contributed by atoms with Gasteiger partial charge in [-0.1, -0.05) is 30.3 Å². The van der Waals surface area contributed by atoms with E-state index in [-0.39, 0.29) is 17.6 Å². The summed E-state index contributed by atoms with van der Waals surface area (Å²) in [6, 6.07) is 13.4. The number of urea groups is 1. The zero-order valence-electron chi connectivity index (χ0n) is 14.3. The summed E-state index contributed by atoms with van der Waals surface area (Å²) in [6.07, 6.45) is 0. The summed E-state index contributed by atoms with van der Waals surface area (Å²) in [5.74, 6) is -0.221. The molecule has 0 saturated carbocycles. The highest BCUT2D eigenvalue weighted by Crippen LogP contribution is 2.24. The molecule has 0 bridgehead atoms. The van der Waals surface area contributed by atoms with Crippen molar-refractivity contribution < 1.29 is 19.4 Å². The Kier molecular flexibility index (Phi) is 6.39.